The number of carbonyl (C=O) groups excluding carboxylic acids is 1. The molecule has 5 rings (SSSR count). The van der Waals surface area contributed by atoms with Crippen LogP contribution in [0.25, 0.3) is 33.3 Å². The van der Waals surface area contributed by atoms with Crippen LogP contribution in [0.5, 0.6) is 0 Å². The fraction of sp³-hybridized carbons (Fsp3) is 0.148. The van der Waals surface area contributed by atoms with Gasteiger partial charge in [-0.1, -0.05) is 54.6 Å². The molecule has 0 saturated carbocycles. The minimum Gasteiger partial charge on any atom is -0.456 e. The van der Waals surface area contributed by atoms with Gasteiger partial charge in [-0.3, -0.25) is 14.2 Å². The Kier molecular flexibility index (Phi) is 5.26. The molecule has 3 aromatic carbocycles. The standard InChI is InChI=1S/C27H23N3O3/c1-17(31)16-30-26(20-8-4-3-5-9-20)29-18(2)25(27(30)32)28-15-19-12-13-24-22(14-19)21-10-6-7-11-23(21)33-24/h3-14,28H,15-16H2,1-2H3. The number of furan rings is 1. The first-order valence-corrected chi connectivity index (χ1v) is 10.8. The zero-order valence-corrected chi connectivity index (χ0v) is 18.5. The largest absolute Gasteiger partial charge is 0.456 e. The number of aryl methyl sites for hydroxylation is 1. The lowest BCUT2D eigenvalue weighted by Crippen LogP contribution is -2.29. The molecule has 0 fully saturated rings. The lowest BCUT2D eigenvalue weighted by atomic mass is 10.1. The number of hydrogen-bond donors (Lipinski definition) is 1. The van der Waals surface area contributed by atoms with Crippen molar-refractivity contribution in [3.63, 3.8) is 0 Å². The highest BCUT2D eigenvalue weighted by atomic mass is 16.3. The fourth-order valence-corrected chi connectivity index (χ4v) is 4.12. The number of anilines is 1. The van der Waals surface area contributed by atoms with E-state index in [1.54, 1.807) is 6.92 Å². The molecule has 0 amide bonds. The predicted molar refractivity (Wildman–Crippen MR) is 130 cm³/mol. The summed E-state index contributed by atoms with van der Waals surface area (Å²) in [5, 5.41) is 5.35. The Morgan fingerprint density at radius 2 is 1.70 bits per heavy atom. The molecule has 0 atom stereocenters. The minimum atomic E-state index is -0.258. The Balaban J connectivity index is 1.51. The third kappa shape index (κ3) is 3.91. The van der Waals surface area contributed by atoms with E-state index < -0.39 is 0 Å². The zero-order valence-electron chi connectivity index (χ0n) is 18.5. The molecule has 2 heterocycles. The highest BCUT2D eigenvalue weighted by molar-refractivity contribution is 6.05. The molecule has 0 unspecified atom stereocenters. The van der Waals surface area contributed by atoms with Gasteiger partial charge in [0.1, 0.15) is 28.5 Å². The van der Waals surface area contributed by atoms with Crippen LogP contribution < -0.4 is 10.9 Å². The van der Waals surface area contributed by atoms with Crippen molar-refractivity contribution in [1.82, 2.24) is 9.55 Å². The van der Waals surface area contributed by atoms with Gasteiger partial charge in [-0.25, -0.2) is 4.98 Å². The summed E-state index contributed by atoms with van der Waals surface area (Å²) in [6, 6.07) is 23.4. The lowest BCUT2D eigenvalue weighted by molar-refractivity contribution is -0.117. The molecule has 0 aliphatic rings. The van der Waals surface area contributed by atoms with Crippen LogP contribution in [0.3, 0.4) is 0 Å². The van der Waals surface area contributed by atoms with Crippen LogP contribution in [0.1, 0.15) is 18.2 Å². The minimum absolute atomic E-state index is 0.0298. The first kappa shape index (κ1) is 20.7. The van der Waals surface area contributed by atoms with Crippen LogP contribution in [-0.4, -0.2) is 15.3 Å². The summed E-state index contributed by atoms with van der Waals surface area (Å²) in [4.78, 5) is 30.0. The Morgan fingerprint density at radius 3 is 2.48 bits per heavy atom. The van der Waals surface area contributed by atoms with Gasteiger partial charge in [0, 0.05) is 22.9 Å². The third-order valence-electron chi connectivity index (χ3n) is 5.67. The molecular weight excluding hydrogens is 414 g/mol. The average molecular weight is 437 g/mol. The van der Waals surface area contributed by atoms with Crippen LogP contribution in [-0.2, 0) is 17.9 Å². The second-order valence-corrected chi connectivity index (χ2v) is 8.14. The van der Waals surface area contributed by atoms with E-state index in [-0.39, 0.29) is 17.9 Å². The van der Waals surface area contributed by atoms with Gasteiger partial charge in [0.05, 0.1) is 12.2 Å². The maximum absolute atomic E-state index is 13.4. The van der Waals surface area contributed by atoms with E-state index in [1.807, 2.05) is 66.7 Å². The van der Waals surface area contributed by atoms with Gasteiger partial charge in [0.2, 0.25) is 0 Å². The monoisotopic (exact) mass is 437 g/mol. The van der Waals surface area contributed by atoms with Gasteiger partial charge in [-0.2, -0.15) is 0 Å². The number of nitrogens with one attached hydrogen (secondary N) is 1. The van der Waals surface area contributed by atoms with Crippen LogP contribution in [0.15, 0.2) is 82.0 Å². The molecule has 164 valence electrons. The van der Waals surface area contributed by atoms with Gasteiger partial charge >= 0.3 is 0 Å². The number of aromatic nitrogens is 2. The summed E-state index contributed by atoms with van der Waals surface area (Å²) >= 11 is 0. The summed E-state index contributed by atoms with van der Waals surface area (Å²) in [5.74, 6) is 0.383. The molecule has 0 aliphatic heterocycles. The lowest BCUT2D eigenvalue weighted by Gasteiger charge is -2.16. The molecule has 6 heteroatoms. The third-order valence-corrected chi connectivity index (χ3v) is 5.67. The van der Waals surface area contributed by atoms with Crippen LogP contribution in [0.2, 0.25) is 0 Å². The summed E-state index contributed by atoms with van der Waals surface area (Å²) in [6.45, 7) is 3.69. The smallest absolute Gasteiger partial charge is 0.277 e. The molecule has 2 aromatic heterocycles. The van der Waals surface area contributed by atoms with Crippen molar-refractivity contribution in [3.05, 3.63) is 94.4 Å². The highest BCUT2D eigenvalue weighted by Gasteiger charge is 2.17. The van der Waals surface area contributed by atoms with Crippen LogP contribution in [0, 0.1) is 6.92 Å². The van der Waals surface area contributed by atoms with Crippen molar-refractivity contribution in [2.45, 2.75) is 26.9 Å². The number of hydrogen-bond acceptors (Lipinski definition) is 5. The van der Waals surface area contributed by atoms with E-state index in [9.17, 15) is 9.59 Å². The first-order valence-electron chi connectivity index (χ1n) is 10.8. The van der Waals surface area contributed by atoms with E-state index in [4.69, 9.17) is 4.42 Å². The molecule has 0 radical (unpaired) electrons. The topological polar surface area (TPSA) is 77.1 Å². The summed E-state index contributed by atoms with van der Waals surface area (Å²) < 4.78 is 7.34. The van der Waals surface area contributed by atoms with Crippen molar-refractivity contribution >= 4 is 33.4 Å². The number of fused-ring (bicyclic) bond motifs is 3. The Bertz CT molecular complexity index is 1550. The number of para-hydroxylation sites is 1. The second kappa shape index (κ2) is 8.39. The normalized spacial score (nSPS) is 11.2. The highest BCUT2D eigenvalue weighted by Crippen LogP contribution is 2.29. The van der Waals surface area contributed by atoms with E-state index in [0.29, 0.717) is 23.8 Å². The quantitative estimate of drug-likeness (QED) is 0.389. The number of nitrogens with zero attached hydrogens (tertiary/aromatic N) is 2. The SMILES string of the molecule is CC(=O)Cn1c(-c2ccccc2)nc(C)c(NCc2ccc3oc4ccccc4c3c2)c1=O. The van der Waals surface area contributed by atoms with Gasteiger partial charge in [-0.15, -0.1) is 0 Å². The van der Waals surface area contributed by atoms with Crippen molar-refractivity contribution < 1.29 is 9.21 Å². The zero-order chi connectivity index (χ0) is 22.9. The van der Waals surface area contributed by atoms with Gasteiger partial charge in [0.25, 0.3) is 5.56 Å². The van der Waals surface area contributed by atoms with E-state index >= 15 is 0 Å². The molecule has 5 aromatic rings. The van der Waals surface area contributed by atoms with Gasteiger partial charge in [0.15, 0.2) is 0 Å². The first-order chi connectivity index (χ1) is 16.0. The Morgan fingerprint density at radius 1 is 0.970 bits per heavy atom. The average Bonchev–Trinajstić information content (AvgIpc) is 3.19. The van der Waals surface area contributed by atoms with E-state index in [2.05, 4.69) is 16.4 Å². The van der Waals surface area contributed by atoms with Crippen LogP contribution in [0.4, 0.5) is 5.69 Å². The summed E-state index contributed by atoms with van der Waals surface area (Å²) in [6.07, 6.45) is 0. The molecule has 0 spiro atoms. The van der Waals surface area contributed by atoms with Crippen LogP contribution >= 0.6 is 0 Å². The Labute approximate surface area is 190 Å². The predicted octanol–water partition coefficient (Wildman–Crippen LogP) is 5.32. The number of Topliss-reactive ketones (excluding diaryl/α,β-unsaturated/α-hetero) is 1. The molecule has 0 aliphatic carbocycles. The molecule has 33 heavy (non-hydrogen) atoms. The van der Waals surface area contributed by atoms with Crippen molar-refractivity contribution in [2.24, 2.45) is 0 Å². The fourth-order valence-electron chi connectivity index (χ4n) is 4.12. The molecule has 6 nitrogen and oxygen atoms in total. The summed E-state index contributed by atoms with van der Waals surface area (Å²) in [5.41, 5.74) is 4.21. The molecule has 1 N–H and O–H groups in total. The number of carbonyl (C=O) groups is 1. The maximum Gasteiger partial charge on any atom is 0.277 e. The summed E-state index contributed by atoms with van der Waals surface area (Å²) in [7, 11) is 0. The van der Waals surface area contributed by atoms with Crippen molar-refractivity contribution in [2.75, 3.05) is 5.32 Å². The molecular formula is C27H23N3O3. The van der Waals surface area contributed by atoms with Gasteiger partial charge < -0.3 is 9.73 Å². The van der Waals surface area contributed by atoms with Crippen molar-refractivity contribution in [1.29, 1.82) is 0 Å². The van der Waals surface area contributed by atoms with E-state index in [0.717, 1.165) is 33.1 Å². The van der Waals surface area contributed by atoms with E-state index in [1.165, 1.54) is 11.5 Å². The molecule has 0 bridgehead atoms. The number of ketones is 1. The second-order valence-electron chi connectivity index (χ2n) is 8.14. The van der Waals surface area contributed by atoms with Gasteiger partial charge in [-0.05, 0) is 37.6 Å². The Hall–Kier alpha value is -4.19. The maximum atomic E-state index is 13.4. The van der Waals surface area contributed by atoms with Crippen molar-refractivity contribution in [3.8, 4) is 11.4 Å². The molecule has 0 saturated heterocycles. The number of benzene rings is 3. The number of rotatable bonds is 6.